The average Bonchev–Trinajstić information content (AvgIpc) is 2.16. The molecule has 0 bridgehead atoms. The fourth-order valence-corrected chi connectivity index (χ4v) is 1.07. The van der Waals surface area contributed by atoms with E-state index in [1.165, 1.54) is 0 Å². The highest BCUT2D eigenvalue weighted by molar-refractivity contribution is 9.10. The van der Waals surface area contributed by atoms with E-state index in [-0.39, 0.29) is 0 Å². The normalized spacial score (nSPS) is 11.6. The first-order valence-corrected chi connectivity index (χ1v) is 4.97. The van der Waals surface area contributed by atoms with Crippen LogP contribution in [0.3, 0.4) is 0 Å². The summed E-state index contributed by atoms with van der Waals surface area (Å²) >= 11 is 3.34. The van der Waals surface area contributed by atoms with Gasteiger partial charge in [-0.1, -0.05) is 34.7 Å². The molecule has 1 unspecified atom stereocenters. The summed E-state index contributed by atoms with van der Waals surface area (Å²) in [7, 11) is 0. The fourth-order valence-electron chi connectivity index (χ4n) is 0.802. The Morgan fingerprint density at radius 1 is 1.38 bits per heavy atom. The molecule has 1 N–H and O–H groups in total. The number of hydrogen-bond acceptors (Lipinski definition) is 1. The summed E-state index contributed by atoms with van der Waals surface area (Å²) < 4.78 is 1.04. The maximum Gasteiger partial charge on any atom is 0.114 e. The molecule has 0 amide bonds. The number of aliphatic hydroxyl groups is 1. The quantitative estimate of drug-likeness (QED) is 0.747. The zero-order chi connectivity index (χ0) is 9.68. The Balaban J connectivity index is 2.72. The fraction of sp³-hybridized carbons (Fsp3) is 0.273. The molecule has 0 saturated heterocycles. The Bertz CT molecular complexity index is 318. The molecule has 0 heterocycles. The topological polar surface area (TPSA) is 20.2 Å². The van der Waals surface area contributed by atoms with Gasteiger partial charge in [0.15, 0.2) is 0 Å². The molecular weight excluding hydrogens is 228 g/mol. The Labute approximate surface area is 86.9 Å². The van der Waals surface area contributed by atoms with Gasteiger partial charge in [0.2, 0.25) is 0 Å². The molecule has 2 heteroatoms. The Morgan fingerprint density at radius 3 is 2.54 bits per heavy atom. The third-order valence-electron chi connectivity index (χ3n) is 1.61. The SMILES string of the molecule is CCC(O)C#Cc1ccc(Br)cc1. The Kier molecular flexibility index (Phi) is 4.01. The van der Waals surface area contributed by atoms with Crippen molar-refractivity contribution in [2.75, 3.05) is 0 Å². The van der Waals surface area contributed by atoms with Gasteiger partial charge < -0.3 is 5.11 Å². The number of aliphatic hydroxyl groups excluding tert-OH is 1. The number of hydrogen-bond donors (Lipinski definition) is 1. The van der Waals surface area contributed by atoms with Crippen LogP contribution in [0.2, 0.25) is 0 Å². The minimum absolute atomic E-state index is 0.511. The van der Waals surface area contributed by atoms with Gasteiger partial charge in [-0.15, -0.1) is 0 Å². The average molecular weight is 239 g/mol. The second-order valence-electron chi connectivity index (χ2n) is 2.70. The van der Waals surface area contributed by atoms with Gasteiger partial charge in [0.1, 0.15) is 6.10 Å². The molecule has 0 aromatic heterocycles. The molecule has 0 aliphatic rings. The van der Waals surface area contributed by atoms with Crippen LogP contribution in [-0.2, 0) is 0 Å². The monoisotopic (exact) mass is 238 g/mol. The summed E-state index contributed by atoms with van der Waals surface area (Å²) in [5.41, 5.74) is 0.927. The van der Waals surface area contributed by atoms with Crippen LogP contribution >= 0.6 is 15.9 Å². The highest BCUT2D eigenvalue weighted by Gasteiger charge is 1.91. The molecule has 1 aromatic carbocycles. The predicted octanol–water partition coefficient (Wildman–Crippen LogP) is 2.57. The molecule has 1 rings (SSSR count). The van der Waals surface area contributed by atoms with Crippen molar-refractivity contribution in [1.82, 2.24) is 0 Å². The molecule has 0 aliphatic carbocycles. The minimum Gasteiger partial charge on any atom is -0.380 e. The van der Waals surface area contributed by atoms with Gasteiger partial charge >= 0.3 is 0 Å². The van der Waals surface area contributed by atoms with Crippen molar-refractivity contribution < 1.29 is 5.11 Å². The maximum absolute atomic E-state index is 9.19. The molecule has 0 fully saturated rings. The van der Waals surface area contributed by atoms with Gasteiger partial charge in [0.25, 0.3) is 0 Å². The maximum atomic E-state index is 9.19. The van der Waals surface area contributed by atoms with Crippen molar-refractivity contribution in [3.63, 3.8) is 0 Å². The van der Waals surface area contributed by atoms with Crippen molar-refractivity contribution in [2.45, 2.75) is 19.4 Å². The van der Waals surface area contributed by atoms with Crippen molar-refractivity contribution in [2.24, 2.45) is 0 Å². The number of benzene rings is 1. The first kappa shape index (κ1) is 10.3. The van der Waals surface area contributed by atoms with Crippen LogP contribution in [0.15, 0.2) is 28.7 Å². The lowest BCUT2D eigenvalue weighted by atomic mass is 10.2. The van der Waals surface area contributed by atoms with Gasteiger partial charge in [-0.3, -0.25) is 0 Å². The predicted molar refractivity (Wildman–Crippen MR) is 57.3 cm³/mol. The van der Waals surface area contributed by atoms with Gasteiger partial charge in [-0.05, 0) is 30.7 Å². The largest absolute Gasteiger partial charge is 0.380 e. The molecule has 1 aromatic rings. The molecular formula is C11H11BrO. The zero-order valence-electron chi connectivity index (χ0n) is 7.42. The zero-order valence-corrected chi connectivity index (χ0v) is 9.01. The second-order valence-corrected chi connectivity index (χ2v) is 3.62. The van der Waals surface area contributed by atoms with Crippen LogP contribution in [0.5, 0.6) is 0 Å². The van der Waals surface area contributed by atoms with Gasteiger partial charge in [-0.25, -0.2) is 0 Å². The summed E-state index contributed by atoms with van der Waals surface area (Å²) in [5, 5.41) is 9.19. The molecule has 1 atom stereocenters. The Morgan fingerprint density at radius 2 is 2.00 bits per heavy atom. The highest BCUT2D eigenvalue weighted by atomic mass is 79.9. The standard InChI is InChI=1S/C11H11BrO/c1-2-11(13)8-5-9-3-6-10(12)7-4-9/h3-4,6-7,11,13H,2H2,1H3. The molecule has 13 heavy (non-hydrogen) atoms. The van der Waals surface area contributed by atoms with E-state index >= 15 is 0 Å². The lowest BCUT2D eigenvalue weighted by molar-refractivity contribution is 0.228. The van der Waals surface area contributed by atoms with E-state index in [9.17, 15) is 5.11 Å². The van der Waals surface area contributed by atoms with E-state index in [2.05, 4.69) is 27.8 Å². The lowest BCUT2D eigenvalue weighted by Gasteiger charge is -1.94. The van der Waals surface area contributed by atoms with E-state index in [0.717, 1.165) is 10.0 Å². The summed E-state index contributed by atoms with van der Waals surface area (Å²) in [5.74, 6) is 5.66. The van der Waals surface area contributed by atoms with Crippen LogP contribution in [0, 0.1) is 11.8 Å². The molecule has 68 valence electrons. The van der Waals surface area contributed by atoms with Gasteiger partial charge in [0.05, 0.1) is 0 Å². The minimum atomic E-state index is -0.511. The van der Waals surface area contributed by atoms with Gasteiger partial charge in [0, 0.05) is 10.0 Å². The van der Waals surface area contributed by atoms with E-state index in [4.69, 9.17) is 0 Å². The smallest absolute Gasteiger partial charge is 0.114 e. The molecule has 0 spiro atoms. The molecule has 0 aliphatic heterocycles. The third-order valence-corrected chi connectivity index (χ3v) is 2.14. The number of halogens is 1. The summed E-state index contributed by atoms with van der Waals surface area (Å²) in [6.07, 6.45) is 0.160. The highest BCUT2D eigenvalue weighted by Crippen LogP contribution is 2.09. The molecule has 1 nitrogen and oxygen atoms in total. The van der Waals surface area contributed by atoms with E-state index in [1.54, 1.807) is 0 Å². The first-order chi connectivity index (χ1) is 6.22. The van der Waals surface area contributed by atoms with Crippen LogP contribution in [0.1, 0.15) is 18.9 Å². The second kappa shape index (κ2) is 5.06. The lowest BCUT2D eigenvalue weighted by Crippen LogP contribution is -1.98. The van der Waals surface area contributed by atoms with Crippen molar-refractivity contribution in [3.8, 4) is 11.8 Å². The summed E-state index contributed by atoms with van der Waals surface area (Å²) in [6.45, 7) is 1.90. The van der Waals surface area contributed by atoms with Gasteiger partial charge in [-0.2, -0.15) is 0 Å². The third kappa shape index (κ3) is 3.63. The summed E-state index contributed by atoms with van der Waals surface area (Å²) in [6, 6.07) is 7.70. The van der Waals surface area contributed by atoms with E-state index < -0.39 is 6.10 Å². The van der Waals surface area contributed by atoms with Crippen molar-refractivity contribution in [3.05, 3.63) is 34.3 Å². The first-order valence-electron chi connectivity index (χ1n) is 4.17. The van der Waals surface area contributed by atoms with Crippen LogP contribution in [0.25, 0.3) is 0 Å². The number of rotatable bonds is 1. The Hall–Kier alpha value is -0.780. The van der Waals surface area contributed by atoms with Crippen LogP contribution < -0.4 is 0 Å². The van der Waals surface area contributed by atoms with Crippen molar-refractivity contribution in [1.29, 1.82) is 0 Å². The molecule has 0 radical (unpaired) electrons. The van der Waals surface area contributed by atoms with Crippen LogP contribution in [0.4, 0.5) is 0 Å². The summed E-state index contributed by atoms with van der Waals surface area (Å²) in [4.78, 5) is 0. The van der Waals surface area contributed by atoms with Crippen molar-refractivity contribution >= 4 is 15.9 Å². The molecule has 0 saturated carbocycles. The van der Waals surface area contributed by atoms with E-state index in [0.29, 0.717) is 6.42 Å². The van der Waals surface area contributed by atoms with E-state index in [1.807, 2.05) is 31.2 Å². The van der Waals surface area contributed by atoms with Crippen LogP contribution in [-0.4, -0.2) is 11.2 Å².